The van der Waals surface area contributed by atoms with Crippen LogP contribution in [0.1, 0.15) is 200 Å². The Bertz CT molecular complexity index is 1130. The SMILES string of the molecule is CCCCCCCC/C=C\CCCCCCCC(=O)OC(COCCCCCCCC/C=C\CCCCCCCCC)COC1OC(CO)C(O)C(OS(=O)(=O)O)C1O. The molecule has 0 amide bonds. The lowest BCUT2D eigenvalue weighted by Gasteiger charge is -2.41. The van der Waals surface area contributed by atoms with Gasteiger partial charge in [-0.15, -0.1) is 0 Å². The van der Waals surface area contributed by atoms with Crippen LogP contribution in [-0.2, 0) is 38.3 Å². The molecule has 0 aromatic rings. The lowest BCUT2D eigenvalue weighted by molar-refractivity contribution is -0.301. The van der Waals surface area contributed by atoms with Gasteiger partial charge in [-0.25, -0.2) is 4.18 Å². The summed E-state index contributed by atoms with van der Waals surface area (Å²) in [5, 5.41) is 30.7. The first-order valence-corrected chi connectivity index (χ1v) is 25.0. The first-order chi connectivity index (χ1) is 28.6. The zero-order valence-electron chi connectivity index (χ0n) is 37.1. The van der Waals surface area contributed by atoms with E-state index in [4.69, 9.17) is 23.5 Å². The number of hydrogen-bond donors (Lipinski definition) is 4. The van der Waals surface area contributed by atoms with Crippen molar-refractivity contribution in [3.63, 3.8) is 0 Å². The van der Waals surface area contributed by atoms with Crippen LogP contribution in [0.3, 0.4) is 0 Å². The van der Waals surface area contributed by atoms with Crippen molar-refractivity contribution in [3.8, 4) is 0 Å². The van der Waals surface area contributed by atoms with E-state index in [0.29, 0.717) is 13.0 Å². The highest BCUT2D eigenvalue weighted by Crippen LogP contribution is 2.26. The molecule has 1 fully saturated rings. The quantitative estimate of drug-likeness (QED) is 0.0198. The van der Waals surface area contributed by atoms with Gasteiger partial charge in [0.25, 0.3) is 0 Å². The summed E-state index contributed by atoms with van der Waals surface area (Å²) in [6.07, 6.45) is 33.5. The molecule has 1 heterocycles. The lowest BCUT2D eigenvalue weighted by Crippen LogP contribution is -2.60. The van der Waals surface area contributed by atoms with Gasteiger partial charge in [0.15, 0.2) is 6.29 Å². The van der Waals surface area contributed by atoms with Gasteiger partial charge in [0.2, 0.25) is 0 Å². The third-order valence-corrected chi connectivity index (χ3v) is 11.3. The van der Waals surface area contributed by atoms with Gasteiger partial charge >= 0.3 is 16.4 Å². The Balaban J connectivity index is 2.42. The molecule has 0 aromatic carbocycles. The minimum absolute atomic E-state index is 0.0309. The summed E-state index contributed by atoms with van der Waals surface area (Å²) < 4.78 is 59.1. The Labute approximate surface area is 359 Å². The number of hydrogen-bond acceptors (Lipinski definition) is 11. The molecule has 1 rings (SSSR count). The second-order valence-electron chi connectivity index (χ2n) is 16.3. The minimum Gasteiger partial charge on any atom is -0.457 e. The molecule has 4 N–H and O–H groups in total. The van der Waals surface area contributed by atoms with Crippen molar-refractivity contribution < 1.29 is 56.2 Å². The van der Waals surface area contributed by atoms with Crippen LogP contribution in [0.4, 0.5) is 0 Å². The summed E-state index contributed by atoms with van der Waals surface area (Å²) in [5.41, 5.74) is 0. The molecule has 12 nitrogen and oxygen atoms in total. The van der Waals surface area contributed by atoms with Gasteiger partial charge in [-0.1, -0.05) is 154 Å². The predicted molar refractivity (Wildman–Crippen MR) is 234 cm³/mol. The minimum atomic E-state index is -5.06. The maximum absolute atomic E-state index is 12.8. The van der Waals surface area contributed by atoms with Gasteiger partial charge in [0.05, 0.1) is 19.8 Å². The Hall–Kier alpha value is -1.42. The van der Waals surface area contributed by atoms with E-state index in [1.165, 1.54) is 109 Å². The molecule has 0 radical (unpaired) electrons. The Morgan fingerprint density at radius 3 is 1.53 bits per heavy atom. The first-order valence-electron chi connectivity index (χ1n) is 23.6. The maximum atomic E-state index is 12.8. The molecule has 59 heavy (non-hydrogen) atoms. The van der Waals surface area contributed by atoms with Crippen LogP contribution in [0.15, 0.2) is 24.3 Å². The Morgan fingerprint density at radius 2 is 1.07 bits per heavy atom. The van der Waals surface area contributed by atoms with Gasteiger partial charge < -0.3 is 34.3 Å². The van der Waals surface area contributed by atoms with Crippen LogP contribution in [0.25, 0.3) is 0 Å². The Kier molecular flexibility index (Phi) is 36.1. The molecule has 0 bridgehead atoms. The molecule has 6 atom stereocenters. The average molecular weight is 863 g/mol. The van der Waals surface area contributed by atoms with Crippen LogP contribution in [0.5, 0.6) is 0 Å². The van der Waals surface area contributed by atoms with E-state index in [0.717, 1.165) is 64.2 Å². The number of esters is 1. The third-order valence-electron chi connectivity index (χ3n) is 10.8. The normalized spacial score (nSPS) is 20.5. The van der Waals surface area contributed by atoms with Gasteiger partial charge in [-0.2, -0.15) is 8.42 Å². The van der Waals surface area contributed by atoms with E-state index >= 15 is 0 Å². The van der Waals surface area contributed by atoms with Crippen LogP contribution in [0.2, 0.25) is 0 Å². The summed E-state index contributed by atoms with van der Waals surface area (Å²) in [7, 11) is -5.06. The number of carbonyl (C=O) groups excluding carboxylic acids is 1. The van der Waals surface area contributed by atoms with E-state index in [-0.39, 0.29) is 19.6 Å². The molecule has 13 heteroatoms. The molecule has 0 aromatic heterocycles. The Morgan fingerprint density at radius 1 is 0.627 bits per heavy atom. The smallest absolute Gasteiger partial charge is 0.397 e. The summed E-state index contributed by atoms with van der Waals surface area (Å²) >= 11 is 0. The van der Waals surface area contributed by atoms with Crippen molar-refractivity contribution in [2.75, 3.05) is 26.4 Å². The standard InChI is InChI=1S/C46H86O12S/c1-3-5-7-9-11-13-15-17-19-20-22-24-26-28-30-32-34-36-54-38-40(39-55-46-44(50)45(58-59(51,52)53)43(49)41(37-47)57-46)56-42(48)35-33-31-29-27-25-23-21-18-16-14-12-10-8-6-4-2/h18-21,40-41,43-47,49-50H,3-17,22-39H2,1-2H3,(H,51,52,53)/b20-19-,21-18-. The molecule has 0 saturated carbocycles. The summed E-state index contributed by atoms with van der Waals surface area (Å²) in [5.74, 6) is -0.408. The van der Waals surface area contributed by atoms with Crippen LogP contribution in [-0.4, -0.2) is 97.5 Å². The van der Waals surface area contributed by atoms with Crippen molar-refractivity contribution in [3.05, 3.63) is 24.3 Å². The molecular weight excluding hydrogens is 777 g/mol. The number of ether oxygens (including phenoxy) is 4. The highest BCUT2D eigenvalue weighted by molar-refractivity contribution is 7.80. The van der Waals surface area contributed by atoms with Crippen molar-refractivity contribution in [2.24, 2.45) is 0 Å². The van der Waals surface area contributed by atoms with E-state index in [1.54, 1.807) is 0 Å². The zero-order valence-corrected chi connectivity index (χ0v) is 37.9. The molecule has 348 valence electrons. The average Bonchev–Trinajstić information content (AvgIpc) is 3.20. The number of aliphatic hydroxyl groups is 3. The number of allylic oxidation sites excluding steroid dienone is 4. The van der Waals surface area contributed by atoms with E-state index in [1.807, 2.05) is 0 Å². The number of aliphatic hydroxyl groups excluding tert-OH is 3. The van der Waals surface area contributed by atoms with Crippen molar-refractivity contribution in [2.45, 2.75) is 237 Å². The number of rotatable bonds is 41. The molecule has 1 saturated heterocycles. The van der Waals surface area contributed by atoms with Gasteiger partial charge in [-0.3, -0.25) is 9.35 Å². The second-order valence-corrected chi connectivity index (χ2v) is 17.4. The summed E-state index contributed by atoms with van der Waals surface area (Å²) in [4.78, 5) is 12.8. The van der Waals surface area contributed by atoms with Gasteiger partial charge in [-0.05, 0) is 64.2 Å². The van der Waals surface area contributed by atoms with Crippen molar-refractivity contribution >= 4 is 16.4 Å². The topological polar surface area (TPSA) is 178 Å². The fourth-order valence-corrected chi connectivity index (χ4v) is 7.70. The van der Waals surface area contributed by atoms with Crippen molar-refractivity contribution in [1.82, 2.24) is 0 Å². The molecule has 6 unspecified atom stereocenters. The molecule has 0 aliphatic carbocycles. The fraction of sp³-hybridized carbons (Fsp3) is 0.891. The summed E-state index contributed by atoms with van der Waals surface area (Å²) in [6.45, 7) is 3.97. The fourth-order valence-electron chi connectivity index (χ4n) is 7.19. The number of unbranched alkanes of at least 4 members (excludes halogenated alkanes) is 24. The zero-order chi connectivity index (χ0) is 43.2. The van der Waals surface area contributed by atoms with Crippen LogP contribution >= 0.6 is 0 Å². The molecular formula is C46H86O12S. The van der Waals surface area contributed by atoms with Crippen molar-refractivity contribution in [1.29, 1.82) is 0 Å². The number of carbonyl (C=O) groups is 1. The van der Waals surface area contributed by atoms with E-state index < -0.39 is 59.8 Å². The molecule has 1 aliphatic heterocycles. The monoisotopic (exact) mass is 863 g/mol. The van der Waals surface area contributed by atoms with Gasteiger partial charge in [0, 0.05) is 13.0 Å². The first kappa shape index (κ1) is 55.6. The molecule has 0 spiro atoms. The largest absolute Gasteiger partial charge is 0.457 e. The van der Waals surface area contributed by atoms with Crippen LogP contribution in [0, 0.1) is 0 Å². The van der Waals surface area contributed by atoms with Gasteiger partial charge in [0.1, 0.15) is 30.5 Å². The predicted octanol–water partition coefficient (Wildman–Crippen LogP) is 10.0. The highest BCUT2D eigenvalue weighted by atomic mass is 32.3. The lowest BCUT2D eigenvalue weighted by atomic mass is 9.99. The highest BCUT2D eigenvalue weighted by Gasteiger charge is 2.48. The summed E-state index contributed by atoms with van der Waals surface area (Å²) in [6, 6.07) is 0. The van der Waals surface area contributed by atoms with E-state index in [2.05, 4.69) is 42.3 Å². The van der Waals surface area contributed by atoms with Crippen LogP contribution < -0.4 is 0 Å². The second kappa shape index (κ2) is 38.3. The maximum Gasteiger partial charge on any atom is 0.397 e. The third kappa shape index (κ3) is 32.0. The van der Waals surface area contributed by atoms with E-state index in [9.17, 15) is 28.5 Å². The molecule has 1 aliphatic rings.